The van der Waals surface area contributed by atoms with Gasteiger partial charge < -0.3 is 5.32 Å². The quantitative estimate of drug-likeness (QED) is 0.802. The minimum absolute atomic E-state index is 0.126. The number of pyridine rings is 1. The number of hydrogen-bond donors (Lipinski definition) is 1. The molecule has 0 atom stereocenters. The third-order valence-corrected chi connectivity index (χ3v) is 5.42. The zero-order valence-corrected chi connectivity index (χ0v) is 15.5. The van der Waals surface area contributed by atoms with Gasteiger partial charge in [0.2, 0.25) is 5.91 Å². The largest absolute Gasteiger partial charge is 0.325 e. The fourth-order valence-corrected chi connectivity index (χ4v) is 3.89. The normalized spacial score (nSPS) is 13.0. The topological polar surface area (TPSA) is 65.8 Å². The number of nitrogens with one attached hydrogen (secondary N) is 1. The smallest absolute Gasteiger partial charge is 0.234 e. The first-order valence-electron chi connectivity index (χ1n) is 8.18. The highest BCUT2D eigenvalue weighted by molar-refractivity contribution is 8.00. The van der Waals surface area contributed by atoms with Gasteiger partial charge in [-0.15, -0.1) is 0 Å². The van der Waals surface area contributed by atoms with Gasteiger partial charge >= 0.3 is 0 Å². The lowest BCUT2D eigenvalue weighted by atomic mass is 9.95. The fraction of sp³-hybridized carbons (Fsp3) is 0.316. The number of rotatable bonds is 4. The summed E-state index contributed by atoms with van der Waals surface area (Å²) >= 11 is 7.24. The molecule has 0 radical (unpaired) electrons. The summed E-state index contributed by atoms with van der Waals surface area (Å²) < 4.78 is 0. The van der Waals surface area contributed by atoms with Gasteiger partial charge in [-0.05, 0) is 68.0 Å². The zero-order valence-electron chi connectivity index (χ0n) is 13.9. The number of aryl methyl sites for hydroxylation is 3. The molecule has 4 nitrogen and oxygen atoms in total. The van der Waals surface area contributed by atoms with Gasteiger partial charge in [-0.1, -0.05) is 23.4 Å². The van der Waals surface area contributed by atoms with Crippen LogP contribution in [0, 0.1) is 18.3 Å². The minimum Gasteiger partial charge on any atom is -0.325 e. The SMILES string of the molecule is Cc1cc(Cl)ccc1NC(=O)CSc1nc2c(cc1C#N)CCCC2. The van der Waals surface area contributed by atoms with E-state index in [0.29, 0.717) is 15.6 Å². The van der Waals surface area contributed by atoms with Crippen LogP contribution in [0.15, 0.2) is 29.3 Å². The number of anilines is 1. The van der Waals surface area contributed by atoms with Gasteiger partial charge in [0.1, 0.15) is 11.1 Å². The Bertz CT molecular complexity index is 860. The van der Waals surface area contributed by atoms with E-state index in [2.05, 4.69) is 16.4 Å². The number of fused-ring (bicyclic) bond motifs is 1. The molecule has 0 spiro atoms. The minimum atomic E-state index is -0.126. The predicted octanol–water partition coefficient (Wildman–Crippen LogP) is 4.52. The van der Waals surface area contributed by atoms with Crippen LogP contribution in [0.2, 0.25) is 5.02 Å². The molecule has 1 N–H and O–H groups in total. The maximum absolute atomic E-state index is 12.2. The number of halogens is 1. The molecular formula is C19H18ClN3OS. The zero-order chi connectivity index (χ0) is 17.8. The van der Waals surface area contributed by atoms with Gasteiger partial charge in [-0.2, -0.15) is 5.26 Å². The van der Waals surface area contributed by atoms with E-state index in [0.717, 1.165) is 42.6 Å². The molecule has 6 heteroatoms. The van der Waals surface area contributed by atoms with E-state index in [1.165, 1.54) is 17.3 Å². The first-order chi connectivity index (χ1) is 12.1. The summed E-state index contributed by atoms with van der Waals surface area (Å²) in [5.74, 6) is 0.0848. The molecule has 0 unspecified atom stereocenters. The molecule has 0 fully saturated rings. The number of carbonyl (C=O) groups is 1. The van der Waals surface area contributed by atoms with Crippen molar-refractivity contribution < 1.29 is 4.79 Å². The van der Waals surface area contributed by atoms with Crippen LogP contribution in [-0.4, -0.2) is 16.6 Å². The number of amides is 1. The van der Waals surface area contributed by atoms with Gasteiger partial charge in [-0.25, -0.2) is 4.98 Å². The van der Waals surface area contributed by atoms with Gasteiger partial charge in [0.15, 0.2) is 0 Å². The summed E-state index contributed by atoms with van der Waals surface area (Å²) in [6.07, 6.45) is 4.21. The number of hydrogen-bond acceptors (Lipinski definition) is 4. The van der Waals surface area contributed by atoms with Crippen molar-refractivity contribution in [2.45, 2.75) is 37.6 Å². The van der Waals surface area contributed by atoms with Crippen molar-refractivity contribution in [2.75, 3.05) is 11.1 Å². The lowest BCUT2D eigenvalue weighted by molar-refractivity contribution is -0.113. The van der Waals surface area contributed by atoms with Crippen LogP contribution in [0.1, 0.15) is 35.2 Å². The highest BCUT2D eigenvalue weighted by atomic mass is 35.5. The van der Waals surface area contributed by atoms with Gasteiger partial charge in [-0.3, -0.25) is 4.79 Å². The number of carbonyl (C=O) groups excluding carboxylic acids is 1. The molecule has 128 valence electrons. The second-order valence-electron chi connectivity index (χ2n) is 6.06. The van der Waals surface area contributed by atoms with Crippen molar-refractivity contribution in [2.24, 2.45) is 0 Å². The Labute approximate surface area is 156 Å². The second-order valence-corrected chi connectivity index (χ2v) is 7.46. The van der Waals surface area contributed by atoms with E-state index in [9.17, 15) is 10.1 Å². The van der Waals surface area contributed by atoms with E-state index in [4.69, 9.17) is 11.6 Å². The molecule has 3 rings (SSSR count). The van der Waals surface area contributed by atoms with E-state index < -0.39 is 0 Å². The fourth-order valence-electron chi connectivity index (χ4n) is 2.89. The molecule has 1 heterocycles. The molecule has 0 aliphatic heterocycles. The third kappa shape index (κ3) is 4.33. The van der Waals surface area contributed by atoms with Crippen LogP contribution in [0.4, 0.5) is 5.69 Å². The summed E-state index contributed by atoms with van der Waals surface area (Å²) in [5.41, 5.74) is 4.46. The number of thioether (sulfide) groups is 1. The third-order valence-electron chi connectivity index (χ3n) is 4.19. The average molecular weight is 372 g/mol. The molecular weight excluding hydrogens is 354 g/mol. The van der Waals surface area contributed by atoms with E-state index >= 15 is 0 Å². The van der Waals surface area contributed by atoms with Crippen molar-refractivity contribution in [1.29, 1.82) is 5.26 Å². The Hall–Kier alpha value is -2.03. The number of benzene rings is 1. The lowest BCUT2D eigenvalue weighted by Crippen LogP contribution is -2.15. The molecule has 1 aromatic heterocycles. The molecule has 1 aliphatic carbocycles. The van der Waals surface area contributed by atoms with Crippen LogP contribution >= 0.6 is 23.4 Å². The Morgan fingerprint density at radius 3 is 2.92 bits per heavy atom. The number of nitriles is 1. The molecule has 0 bridgehead atoms. The highest BCUT2D eigenvalue weighted by Crippen LogP contribution is 2.27. The Balaban J connectivity index is 1.68. The Kier molecular flexibility index (Phi) is 5.62. The van der Waals surface area contributed by atoms with Crippen LogP contribution < -0.4 is 5.32 Å². The van der Waals surface area contributed by atoms with Gasteiger partial charge in [0.05, 0.1) is 11.3 Å². The summed E-state index contributed by atoms with van der Waals surface area (Å²) in [6.45, 7) is 1.90. The summed E-state index contributed by atoms with van der Waals surface area (Å²) in [5, 5.41) is 13.5. The molecule has 1 amide bonds. The first-order valence-corrected chi connectivity index (χ1v) is 9.55. The molecule has 1 aliphatic rings. The maximum atomic E-state index is 12.2. The van der Waals surface area contributed by atoms with Crippen molar-refractivity contribution in [3.63, 3.8) is 0 Å². The molecule has 2 aromatic rings. The summed E-state index contributed by atoms with van der Waals surface area (Å²) in [7, 11) is 0. The second kappa shape index (κ2) is 7.90. The molecule has 0 saturated heterocycles. The van der Waals surface area contributed by atoms with Crippen LogP contribution in [0.25, 0.3) is 0 Å². The van der Waals surface area contributed by atoms with Gasteiger partial charge in [0.25, 0.3) is 0 Å². The molecule has 1 aromatic carbocycles. The maximum Gasteiger partial charge on any atom is 0.234 e. The van der Waals surface area contributed by atoms with Crippen LogP contribution in [-0.2, 0) is 17.6 Å². The standard InChI is InChI=1S/C19H18ClN3OS/c1-12-8-15(20)6-7-16(12)22-18(24)11-25-19-14(10-21)9-13-4-2-3-5-17(13)23-19/h6-9H,2-5,11H2,1H3,(H,22,24). The summed E-state index contributed by atoms with van der Waals surface area (Å²) in [4.78, 5) is 16.9. The van der Waals surface area contributed by atoms with Crippen LogP contribution in [0.5, 0.6) is 0 Å². The molecule has 0 saturated carbocycles. The monoisotopic (exact) mass is 371 g/mol. The van der Waals surface area contributed by atoms with E-state index in [-0.39, 0.29) is 11.7 Å². The van der Waals surface area contributed by atoms with Crippen molar-refractivity contribution in [3.05, 3.63) is 51.7 Å². The van der Waals surface area contributed by atoms with Crippen molar-refractivity contribution in [3.8, 4) is 6.07 Å². The highest BCUT2D eigenvalue weighted by Gasteiger charge is 2.16. The van der Waals surface area contributed by atoms with E-state index in [1.54, 1.807) is 12.1 Å². The summed E-state index contributed by atoms with van der Waals surface area (Å²) in [6, 6.07) is 9.48. The van der Waals surface area contributed by atoms with Crippen molar-refractivity contribution in [1.82, 2.24) is 4.98 Å². The molecule has 25 heavy (non-hydrogen) atoms. The lowest BCUT2D eigenvalue weighted by Gasteiger charge is -2.16. The predicted molar refractivity (Wildman–Crippen MR) is 101 cm³/mol. The number of nitrogens with zero attached hydrogens (tertiary/aromatic N) is 2. The van der Waals surface area contributed by atoms with Gasteiger partial charge in [0, 0.05) is 16.4 Å². The van der Waals surface area contributed by atoms with Crippen molar-refractivity contribution >= 4 is 35.0 Å². The first kappa shape index (κ1) is 17.8. The Morgan fingerprint density at radius 2 is 2.16 bits per heavy atom. The Morgan fingerprint density at radius 1 is 1.36 bits per heavy atom. The number of aromatic nitrogens is 1. The van der Waals surface area contributed by atoms with Crippen LogP contribution in [0.3, 0.4) is 0 Å². The van der Waals surface area contributed by atoms with E-state index in [1.807, 2.05) is 19.1 Å². The average Bonchev–Trinajstić information content (AvgIpc) is 2.61.